The van der Waals surface area contributed by atoms with Gasteiger partial charge in [0.25, 0.3) is 0 Å². The van der Waals surface area contributed by atoms with E-state index >= 15 is 0 Å². The van der Waals surface area contributed by atoms with Gasteiger partial charge in [-0.1, -0.05) is 71.9 Å². The Hall–Kier alpha value is -4.72. The summed E-state index contributed by atoms with van der Waals surface area (Å²) in [6.45, 7) is 0.112. The molecule has 0 unspecified atom stereocenters. The van der Waals surface area contributed by atoms with E-state index in [1.165, 1.54) is 0 Å². The number of oxime groups is 1. The lowest BCUT2D eigenvalue weighted by Gasteiger charge is -2.27. The second kappa shape index (κ2) is 8.32. The van der Waals surface area contributed by atoms with Crippen LogP contribution >= 0.6 is 0 Å². The molecule has 5 aromatic rings. The zero-order valence-electron chi connectivity index (χ0n) is 17.9. The largest absolute Gasteiger partial charge is 0.508 e. The summed E-state index contributed by atoms with van der Waals surface area (Å²) in [6, 6.07) is 24.9. The molecule has 8 heteroatoms. The Bertz CT molecular complexity index is 1500. The molecule has 0 radical (unpaired) electrons. The Balaban J connectivity index is 1.38. The van der Waals surface area contributed by atoms with Gasteiger partial charge in [-0.3, -0.25) is 0 Å². The smallest absolute Gasteiger partial charge is 0.228 e. The van der Waals surface area contributed by atoms with Gasteiger partial charge < -0.3 is 14.7 Å². The number of aromatic nitrogens is 4. The van der Waals surface area contributed by atoms with Gasteiger partial charge in [-0.2, -0.15) is 0 Å². The van der Waals surface area contributed by atoms with Gasteiger partial charge in [0.2, 0.25) is 5.88 Å². The SMILES string of the molecule is Oc1ccc2c(c1)Oc1ncn3nc(CO/N=C\c4ccccc4)nc3c1[C@@H]2c1ccccc1. The fourth-order valence-electron chi connectivity index (χ4n) is 4.13. The molecule has 0 aliphatic carbocycles. The molecule has 0 spiro atoms. The molecular formula is C26H19N5O3. The molecule has 0 amide bonds. The Labute approximate surface area is 194 Å². The third-order valence-electron chi connectivity index (χ3n) is 5.64. The Morgan fingerprint density at radius 1 is 1.03 bits per heavy atom. The molecule has 34 heavy (non-hydrogen) atoms. The quantitative estimate of drug-likeness (QED) is 0.304. The molecule has 166 valence electrons. The Morgan fingerprint density at radius 3 is 2.65 bits per heavy atom. The van der Waals surface area contributed by atoms with Gasteiger partial charge >= 0.3 is 0 Å². The molecule has 8 nitrogen and oxygen atoms in total. The maximum Gasteiger partial charge on any atom is 0.228 e. The second-order valence-electron chi connectivity index (χ2n) is 7.85. The van der Waals surface area contributed by atoms with Crippen LogP contribution in [0.4, 0.5) is 0 Å². The molecule has 1 aliphatic rings. The van der Waals surface area contributed by atoms with Crippen molar-refractivity contribution in [2.24, 2.45) is 5.16 Å². The molecule has 3 aromatic carbocycles. The van der Waals surface area contributed by atoms with Crippen LogP contribution in [0.1, 0.15) is 34.0 Å². The fraction of sp³-hybridized carbons (Fsp3) is 0.0769. The number of phenols is 1. The number of nitrogens with zero attached hydrogens (tertiary/aromatic N) is 5. The van der Waals surface area contributed by atoms with Crippen molar-refractivity contribution < 1.29 is 14.7 Å². The predicted molar refractivity (Wildman–Crippen MR) is 125 cm³/mol. The molecule has 1 atom stereocenters. The first-order valence-corrected chi connectivity index (χ1v) is 10.8. The standard InChI is InChI=1S/C26H19N5O3/c32-19-11-12-20-21(13-19)34-26-24(23(20)18-9-5-2-6-10-18)25-29-22(30-31(25)16-27-26)15-33-28-14-17-7-3-1-4-8-17/h1-14,16,23,32H,15H2/b28-14-/t23-/m1/s1. The first kappa shape index (κ1) is 19.9. The number of ether oxygens (including phenoxy) is 1. The Morgan fingerprint density at radius 2 is 1.82 bits per heavy atom. The van der Waals surface area contributed by atoms with Crippen LogP contribution in [0.15, 0.2) is 90.3 Å². The topological polar surface area (TPSA) is 94.1 Å². The van der Waals surface area contributed by atoms with Crippen molar-refractivity contribution in [2.45, 2.75) is 12.5 Å². The van der Waals surface area contributed by atoms with Crippen LogP contribution in [0.3, 0.4) is 0 Å². The number of hydrogen-bond acceptors (Lipinski definition) is 7. The highest BCUT2D eigenvalue weighted by molar-refractivity contribution is 5.78. The number of aromatic hydroxyl groups is 1. The lowest BCUT2D eigenvalue weighted by Crippen LogP contribution is -2.14. The first-order valence-electron chi connectivity index (χ1n) is 10.8. The van der Waals surface area contributed by atoms with Crippen LogP contribution in [0.5, 0.6) is 17.4 Å². The van der Waals surface area contributed by atoms with E-state index in [1.807, 2.05) is 54.6 Å². The summed E-state index contributed by atoms with van der Waals surface area (Å²) in [5.41, 5.74) is 4.35. The van der Waals surface area contributed by atoms with Crippen LogP contribution in [0.2, 0.25) is 0 Å². The molecule has 6 rings (SSSR count). The molecule has 3 heterocycles. The van der Waals surface area contributed by atoms with Crippen molar-refractivity contribution in [3.63, 3.8) is 0 Å². The highest BCUT2D eigenvalue weighted by atomic mass is 16.6. The zero-order chi connectivity index (χ0) is 22.9. The van der Waals surface area contributed by atoms with Gasteiger partial charge in [0.05, 0.1) is 11.8 Å². The van der Waals surface area contributed by atoms with Gasteiger partial charge in [-0.15, -0.1) is 5.10 Å². The van der Waals surface area contributed by atoms with Crippen molar-refractivity contribution >= 4 is 11.9 Å². The number of phenolic OH excluding ortho intramolecular Hbond substituents is 1. The summed E-state index contributed by atoms with van der Waals surface area (Å²) in [5, 5.41) is 18.5. The van der Waals surface area contributed by atoms with E-state index in [2.05, 4.69) is 27.4 Å². The maximum atomic E-state index is 9.99. The first-order chi connectivity index (χ1) is 16.8. The summed E-state index contributed by atoms with van der Waals surface area (Å²) in [5.74, 6) is 1.42. The molecule has 0 saturated heterocycles. The minimum absolute atomic E-state index is 0.112. The van der Waals surface area contributed by atoms with Crippen molar-refractivity contribution in [3.05, 3.63) is 113 Å². The average molecular weight is 449 g/mol. The zero-order valence-corrected chi connectivity index (χ0v) is 17.9. The second-order valence-corrected chi connectivity index (χ2v) is 7.85. The van der Waals surface area contributed by atoms with Crippen LogP contribution < -0.4 is 4.74 Å². The lowest BCUT2D eigenvalue weighted by atomic mass is 9.84. The van der Waals surface area contributed by atoms with Crippen LogP contribution in [-0.2, 0) is 11.4 Å². The molecule has 0 saturated carbocycles. The number of fused-ring (bicyclic) bond motifs is 4. The van der Waals surface area contributed by atoms with Gasteiger partial charge in [-0.05, 0) is 17.2 Å². The third-order valence-corrected chi connectivity index (χ3v) is 5.64. The number of hydrogen-bond donors (Lipinski definition) is 1. The number of benzene rings is 3. The van der Waals surface area contributed by atoms with Gasteiger partial charge in [-0.25, -0.2) is 14.5 Å². The highest BCUT2D eigenvalue weighted by Crippen LogP contribution is 2.48. The van der Waals surface area contributed by atoms with Crippen LogP contribution in [0, 0.1) is 0 Å². The normalized spacial score (nSPS) is 14.5. The summed E-state index contributed by atoms with van der Waals surface area (Å²) >= 11 is 0. The lowest BCUT2D eigenvalue weighted by molar-refractivity contribution is 0.126. The number of rotatable bonds is 5. The molecule has 1 aliphatic heterocycles. The molecule has 0 bridgehead atoms. The van der Waals surface area contributed by atoms with E-state index in [-0.39, 0.29) is 18.3 Å². The maximum absolute atomic E-state index is 9.99. The summed E-state index contributed by atoms with van der Waals surface area (Å²) in [7, 11) is 0. The minimum atomic E-state index is -0.189. The van der Waals surface area contributed by atoms with Crippen molar-refractivity contribution in [2.75, 3.05) is 0 Å². The molecule has 0 fully saturated rings. The van der Waals surface area contributed by atoms with E-state index < -0.39 is 0 Å². The van der Waals surface area contributed by atoms with E-state index in [0.717, 1.165) is 22.3 Å². The predicted octanol–water partition coefficient (Wildman–Crippen LogP) is 4.67. The van der Waals surface area contributed by atoms with E-state index in [9.17, 15) is 5.11 Å². The van der Waals surface area contributed by atoms with Crippen molar-refractivity contribution in [3.8, 4) is 17.4 Å². The highest BCUT2D eigenvalue weighted by Gasteiger charge is 2.33. The molecule has 2 aromatic heterocycles. The summed E-state index contributed by atoms with van der Waals surface area (Å²) in [6.07, 6.45) is 3.21. The summed E-state index contributed by atoms with van der Waals surface area (Å²) < 4.78 is 7.70. The third kappa shape index (κ3) is 3.61. The average Bonchev–Trinajstić information content (AvgIpc) is 3.29. The Kier molecular flexibility index (Phi) is 4.88. The molecule has 1 N–H and O–H groups in total. The van der Waals surface area contributed by atoms with E-state index in [1.54, 1.807) is 29.2 Å². The van der Waals surface area contributed by atoms with E-state index in [4.69, 9.17) is 14.6 Å². The molecular weight excluding hydrogens is 430 g/mol. The van der Waals surface area contributed by atoms with Crippen LogP contribution in [-0.4, -0.2) is 30.9 Å². The monoisotopic (exact) mass is 449 g/mol. The fourth-order valence-corrected chi connectivity index (χ4v) is 4.13. The van der Waals surface area contributed by atoms with Gasteiger partial charge in [0, 0.05) is 17.5 Å². The van der Waals surface area contributed by atoms with Crippen LogP contribution in [0.25, 0.3) is 5.65 Å². The summed E-state index contributed by atoms with van der Waals surface area (Å²) in [4.78, 5) is 14.6. The van der Waals surface area contributed by atoms with Crippen molar-refractivity contribution in [1.82, 2.24) is 19.6 Å². The van der Waals surface area contributed by atoms with Gasteiger partial charge in [0.1, 0.15) is 17.8 Å². The van der Waals surface area contributed by atoms with E-state index in [0.29, 0.717) is 23.1 Å². The van der Waals surface area contributed by atoms with Gasteiger partial charge in [0.15, 0.2) is 18.1 Å². The van der Waals surface area contributed by atoms with Crippen molar-refractivity contribution in [1.29, 1.82) is 0 Å². The minimum Gasteiger partial charge on any atom is -0.508 e.